The van der Waals surface area contributed by atoms with E-state index in [1.807, 2.05) is 32.0 Å². The van der Waals surface area contributed by atoms with Crippen LogP contribution >= 0.6 is 11.6 Å². The first kappa shape index (κ1) is 22.3. The van der Waals surface area contributed by atoms with Gasteiger partial charge in [-0.05, 0) is 37.1 Å². The molecular formula is C23H26ClN5O3. The van der Waals surface area contributed by atoms with Gasteiger partial charge in [0.15, 0.2) is 0 Å². The molecule has 2 heterocycles. The molecule has 2 unspecified atom stereocenters. The number of fused-ring (bicyclic) bond motifs is 1. The lowest BCUT2D eigenvalue weighted by Crippen LogP contribution is -2.75. The lowest BCUT2D eigenvalue weighted by atomic mass is 10.1. The number of hydrogen-bond acceptors (Lipinski definition) is 5. The highest BCUT2D eigenvalue weighted by Gasteiger charge is 2.47. The second-order valence-electron chi connectivity index (χ2n) is 8.12. The third kappa shape index (κ3) is 4.48. The zero-order chi connectivity index (χ0) is 22.8. The SMILES string of the molecule is Cc1ccc(NC(=O)CN2C(=O)N(Cc3ccccc3Cl)C(=O)C3NCCNC32)c(C)c1. The highest BCUT2D eigenvalue weighted by atomic mass is 35.5. The molecule has 2 aromatic rings. The van der Waals surface area contributed by atoms with Crippen LogP contribution in [0.5, 0.6) is 0 Å². The predicted molar refractivity (Wildman–Crippen MR) is 122 cm³/mol. The Morgan fingerprint density at radius 1 is 1.12 bits per heavy atom. The Hall–Kier alpha value is -2.94. The van der Waals surface area contributed by atoms with Gasteiger partial charge in [0.25, 0.3) is 5.91 Å². The van der Waals surface area contributed by atoms with Gasteiger partial charge in [0.2, 0.25) is 5.91 Å². The van der Waals surface area contributed by atoms with Crippen LogP contribution in [0.3, 0.4) is 0 Å². The molecule has 2 saturated heterocycles. The molecule has 0 saturated carbocycles. The van der Waals surface area contributed by atoms with Crippen LogP contribution in [0.25, 0.3) is 0 Å². The number of aryl methyl sites for hydroxylation is 2. The van der Waals surface area contributed by atoms with Crippen molar-refractivity contribution in [1.29, 1.82) is 0 Å². The number of carbonyl (C=O) groups excluding carboxylic acids is 3. The number of anilines is 1. The van der Waals surface area contributed by atoms with E-state index in [0.29, 0.717) is 29.4 Å². The first-order chi connectivity index (χ1) is 15.3. The first-order valence-corrected chi connectivity index (χ1v) is 10.9. The maximum Gasteiger partial charge on any atom is 0.328 e. The summed E-state index contributed by atoms with van der Waals surface area (Å²) in [6.45, 7) is 4.93. The summed E-state index contributed by atoms with van der Waals surface area (Å²) in [6.07, 6.45) is -0.601. The van der Waals surface area contributed by atoms with Crippen molar-refractivity contribution in [3.63, 3.8) is 0 Å². The molecule has 2 aromatic carbocycles. The molecule has 4 rings (SSSR count). The van der Waals surface area contributed by atoms with E-state index in [1.165, 1.54) is 4.90 Å². The van der Waals surface area contributed by atoms with Gasteiger partial charge in [0.05, 0.1) is 6.54 Å². The molecule has 2 fully saturated rings. The smallest absolute Gasteiger partial charge is 0.324 e. The second kappa shape index (κ2) is 9.28. The number of benzene rings is 2. The van der Waals surface area contributed by atoms with Gasteiger partial charge < -0.3 is 10.6 Å². The average Bonchev–Trinajstić information content (AvgIpc) is 2.77. The zero-order valence-corrected chi connectivity index (χ0v) is 18.8. The number of nitrogens with one attached hydrogen (secondary N) is 3. The van der Waals surface area contributed by atoms with E-state index in [2.05, 4.69) is 16.0 Å². The highest BCUT2D eigenvalue weighted by Crippen LogP contribution is 2.24. The van der Waals surface area contributed by atoms with Crippen molar-refractivity contribution in [3.05, 3.63) is 64.2 Å². The van der Waals surface area contributed by atoms with E-state index in [-0.39, 0.29) is 24.9 Å². The van der Waals surface area contributed by atoms with Crippen molar-refractivity contribution >= 4 is 35.1 Å². The Bertz CT molecular complexity index is 1060. The fraction of sp³-hybridized carbons (Fsp3) is 0.348. The van der Waals surface area contributed by atoms with Crippen molar-refractivity contribution in [2.45, 2.75) is 32.6 Å². The van der Waals surface area contributed by atoms with Crippen molar-refractivity contribution in [3.8, 4) is 0 Å². The molecule has 8 nitrogen and oxygen atoms in total. The maximum absolute atomic E-state index is 13.3. The molecular weight excluding hydrogens is 430 g/mol. The average molecular weight is 456 g/mol. The summed E-state index contributed by atoms with van der Waals surface area (Å²) in [4.78, 5) is 41.9. The summed E-state index contributed by atoms with van der Waals surface area (Å²) >= 11 is 6.26. The summed E-state index contributed by atoms with van der Waals surface area (Å²) < 4.78 is 0. The summed E-state index contributed by atoms with van der Waals surface area (Å²) in [5.74, 6) is -0.665. The van der Waals surface area contributed by atoms with E-state index in [0.717, 1.165) is 16.0 Å². The van der Waals surface area contributed by atoms with E-state index < -0.39 is 18.2 Å². The van der Waals surface area contributed by atoms with Gasteiger partial charge >= 0.3 is 6.03 Å². The zero-order valence-electron chi connectivity index (χ0n) is 18.0. The fourth-order valence-corrected chi connectivity index (χ4v) is 4.33. The number of hydrogen-bond donors (Lipinski definition) is 3. The quantitative estimate of drug-likeness (QED) is 0.643. The molecule has 168 valence electrons. The lowest BCUT2D eigenvalue weighted by molar-refractivity contribution is -0.139. The topological polar surface area (TPSA) is 93.8 Å². The van der Waals surface area contributed by atoms with Crippen LogP contribution in [-0.2, 0) is 16.1 Å². The summed E-state index contributed by atoms with van der Waals surface area (Å²) in [5.41, 5.74) is 3.40. The predicted octanol–water partition coefficient (Wildman–Crippen LogP) is 2.25. The van der Waals surface area contributed by atoms with Crippen LogP contribution in [0.2, 0.25) is 5.02 Å². The molecule has 0 bridgehead atoms. The normalized spacial score (nSPS) is 20.8. The highest BCUT2D eigenvalue weighted by molar-refractivity contribution is 6.31. The van der Waals surface area contributed by atoms with Crippen LogP contribution in [0.1, 0.15) is 16.7 Å². The molecule has 4 amide bonds. The van der Waals surface area contributed by atoms with Gasteiger partial charge in [-0.25, -0.2) is 4.79 Å². The molecule has 9 heteroatoms. The van der Waals surface area contributed by atoms with Crippen LogP contribution in [0, 0.1) is 13.8 Å². The number of halogens is 1. The molecule has 0 radical (unpaired) electrons. The number of amides is 4. The Morgan fingerprint density at radius 2 is 1.88 bits per heavy atom. The van der Waals surface area contributed by atoms with Gasteiger partial charge in [-0.2, -0.15) is 0 Å². The third-order valence-electron chi connectivity index (χ3n) is 5.76. The number of nitrogens with zero attached hydrogens (tertiary/aromatic N) is 2. The molecule has 2 atom stereocenters. The molecule has 0 aliphatic carbocycles. The lowest BCUT2D eigenvalue weighted by Gasteiger charge is -2.47. The first-order valence-electron chi connectivity index (χ1n) is 10.5. The van der Waals surface area contributed by atoms with Crippen molar-refractivity contribution in [2.75, 3.05) is 25.0 Å². The number of urea groups is 1. The minimum Gasteiger partial charge on any atom is -0.324 e. The summed E-state index contributed by atoms with van der Waals surface area (Å²) in [7, 11) is 0. The van der Waals surface area contributed by atoms with Crippen LogP contribution in [-0.4, -0.2) is 59.5 Å². The second-order valence-corrected chi connectivity index (χ2v) is 8.53. The number of piperazine rings is 1. The Kier molecular flexibility index (Phi) is 6.45. The van der Waals surface area contributed by atoms with Gasteiger partial charge in [-0.1, -0.05) is 47.5 Å². The minimum absolute atomic E-state index is 0.0391. The monoisotopic (exact) mass is 455 g/mol. The summed E-state index contributed by atoms with van der Waals surface area (Å²) in [6, 6.07) is 11.7. The van der Waals surface area contributed by atoms with Crippen LogP contribution in [0.15, 0.2) is 42.5 Å². The van der Waals surface area contributed by atoms with Gasteiger partial charge in [0, 0.05) is 23.8 Å². The largest absolute Gasteiger partial charge is 0.328 e. The molecule has 2 aliphatic rings. The van der Waals surface area contributed by atoms with Crippen LogP contribution in [0.4, 0.5) is 10.5 Å². The van der Waals surface area contributed by atoms with E-state index in [9.17, 15) is 14.4 Å². The Labute approximate surface area is 191 Å². The van der Waals surface area contributed by atoms with Gasteiger partial charge in [-0.3, -0.25) is 24.7 Å². The van der Waals surface area contributed by atoms with Crippen molar-refractivity contribution in [1.82, 2.24) is 20.4 Å². The number of rotatable bonds is 5. The van der Waals surface area contributed by atoms with E-state index >= 15 is 0 Å². The minimum atomic E-state index is -0.641. The van der Waals surface area contributed by atoms with E-state index in [1.54, 1.807) is 24.3 Å². The molecule has 0 spiro atoms. The van der Waals surface area contributed by atoms with Crippen LogP contribution < -0.4 is 16.0 Å². The van der Waals surface area contributed by atoms with Crippen molar-refractivity contribution < 1.29 is 14.4 Å². The van der Waals surface area contributed by atoms with E-state index in [4.69, 9.17) is 11.6 Å². The van der Waals surface area contributed by atoms with Crippen molar-refractivity contribution in [2.24, 2.45) is 0 Å². The fourth-order valence-electron chi connectivity index (χ4n) is 4.13. The maximum atomic E-state index is 13.3. The number of imide groups is 1. The molecule has 32 heavy (non-hydrogen) atoms. The van der Waals surface area contributed by atoms with Gasteiger partial charge in [0.1, 0.15) is 18.8 Å². The number of carbonyl (C=O) groups is 3. The molecule has 2 aliphatic heterocycles. The summed E-state index contributed by atoms with van der Waals surface area (Å²) in [5, 5.41) is 9.74. The molecule has 0 aromatic heterocycles. The third-order valence-corrected chi connectivity index (χ3v) is 6.13. The Morgan fingerprint density at radius 3 is 2.62 bits per heavy atom. The van der Waals surface area contributed by atoms with Gasteiger partial charge in [-0.15, -0.1) is 0 Å². The standard InChI is InChI=1S/C23H26ClN5O3/c1-14-7-8-18(15(2)11-14)27-19(30)13-28-21-20(25-9-10-26-21)22(31)29(23(28)32)12-16-5-3-4-6-17(16)24/h3-8,11,20-21,25-26H,9-10,12-13H2,1-2H3,(H,27,30). The Balaban J connectivity index is 1.56. The molecule has 3 N–H and O–H groups in total.